The van der Waals surface area contributed by atoms with Gasteiger partial charge in [-0.3, -0.25) is 0 Å². The van der Waals surface area contributed by atoms with Crippen LogP contribution in [0, 0.1) is 0 Å². The molecule has 0 saturated heterocycles. The van der Waals surface area contributed by atoms with Crippen molar-refractivity contribution >= 4 is 0 Å². The zero-order chi connectivity index (χ0) is 10.8. The summed E-state index contributed by atoms with van der Waals surface area (Å²) in [6.07, 6.45) is -2.53. The van der Waals surface area contributed by atoms with Gasteiger partial charge in [-0.1, -0.05) is 25.9 Å². The average molecular weight is 206 g/mol. The molecule has 0 spiro atoms. The Hall–Kier alpha value is -1.20. The third-order valence-electron chi connectivity index (χ3n) is 1.51. The maximum atomic E-state index is 11.9. The van der Waals surface area contributed by atoms with Crippen molar-refractivity contribution in [3.63, 3.8) is 0 Å². The maximum Gasteiger partial charge on any atom is 0.279 e. The van der Waals surface area contributed by atoms with Crippen LogP contribution in [0.1, 0.15) is 26.5 Å². The van der Waals surface area contributed by atoms with Crippen molar-refractivity contribution < 1.29 is 18.1 Å². The maximum absolute atomic E-state index is 11.9. The molecule has 4 nitrogen and oxygen atoms in total. The number of hydrogen-bond donors (Lipinski definition) is 0. The van der Waals surface area contributed by atoms with Gasteiger partial charge in [0.25, 0.3) is 12.3 Å². The van der Waals surface area contributed by atoms with E-state index in [9.17, 15) is 8.78 Å². The van der Waals surface area contributed by atoms with Crippen LogP contribution in [0.15, 0.2) is 4.63 Å². The fraction of sp³-hybridized carbons (Fsp3) is 0.750. The van der Waals surface area contributed by atoms with Crippen LogP contribution in [0.2, 0.25) is 0 Å². The van der Waals surface area contributed by atoms with Gasteiger partial charge in [-0.05, 0) is 5.16 Å². The number of nitrogens with zero attached hydrogens (tertiary/aromatic N) is 2. The molecular weight excluding hydrogens is 194 g/mol. The van der Waals surface area contributed by atoms with E-state index in [1.807, 2.05) is 20.8 Å². The van der Waals surface area contributed by atoms with E-state index in [0.717, 1.165) is 0 Å². The predicted octanol–water partition coefficient (Wildman–Crippen LogP) is 2.01. The highest BCUT2D eigenvalue weighted by molar-refractivity contribution is 5.22. The SMILES string of the molecule is CC(C)(C)c1nonc1OCC(F)F. The van der Waals surface area contributed by atoms with Gasteiger partial charge in [0.2, 0.25) is 0 Å². The monoisotopic (exact) mass is 206 g/mol. The molecule has 80 valence electrons. The minimum Gasteiger partial charge on any atom is -0.468 e. The Morgan fingerprint density at radius 3 is 2.50 bits per heavy atom. The van der Waals surface area contributed by atoms with Gasteiger partial charge in [0.1, 0.15) is 0 Å². The van der Waals surface area contributed by atoms with Crippen LogP contribution in [0.5, 0.6) is 5.88 Å². The van der Waals surface area contributed by atoms with Crippen LogP contribution in [-0.2, 0) is 5.41 Å². The number of hydrogen-bond acceptors (Lipinski definition) is 4. The Morgan fingerprint density at radius 2 is 2.00 bits per heavy atom. The second-order valence-electron chi connectivity index (χ2n) is 3.87. The summed E-state index contributed by atoms with van der Waals surface area (Å²) in [5.74, 6) is 0.0396. The van der Waals surface area contributed by atoms with Crippen molar-refractivity contribution in [2.24, 2.45) is 0 Å². The molecule has 0 radical (unpaired) electrons. The standard InChI is InChI=1S/C8H12F2N2O2/c1-8(2,3)6-7(12-14-11-6)13-4-5(9)10/h5H,4H2,1-3H3. The van der Waals surface area contributed by atoms with E-state index >= 15 is 0 Å². The third kappa shape index (κ3) is 2.65. The molecule has 14 heavy (non-hydrogen) atoms. The molecule has 0 saturated carbocycles. The van der Waals surface area contributed by atoms with Gasteiger partial charge >= 0.3 is 0 Å². The quantitative estimate of drug-likeness (QED) is 0.759. The summed E-state index contributed by atoms with van der Waals surface area (Å²) in [4.78, 5) is 0. The Kier molecular flexibility index (Phi) is 3.03. The molecule has 0 amide bonds. The van der Waals surface area contributed by atoms with Crippen molar-refractivity contribution in [3.8, 4) is 5.88 Å². The highest BCUT2D eigenvalue weighted by Crippen LogP contribution is 2.27. The molecule has 0 aromatic carbocycles. The molecule has 0 unspecified atom stereocenters. The summed E-state index contributed by atoms with van der Waals surface area (Å²) in [5, 5.41) is 7.02. The van der Waals surface area contributed by atoms with Crippen LogP contribution in [0.25, 0.3) is 0 Å². The molecule has 0 atom stereocenters. The van der Waals surface area contributed by atoms with Crippen LogP contribution in [-0.4, -0.2) is 23.3 Å². The van der Waals surface area contributed by atoms with Gasteiger partial charge in [0, 0.05) is 5.41 Å². The zero-order valence-electron chi connectivity index (χ0n) is 8.25. The summed E-state index contributed by atoms with van der Waals surface area (Å²) in [7, 11) is 0. The van der Waals surface area contributed by atoms with Crippen molar-refractivity contribution in [3.05, 3.63) is 5.69 Å². The molecule has 0 aliphatic rings. The van der Waals surface area contributed by atoms with E-state index in [4.69, 9.17) is 4.74 Å². The fourth-order valence-corrected chi connectivity index (χ4v) is 0.875. The Labute approximate surface area is 80.2 Å². The lowest BCUT2D eigenvalue weighted by Gasteiger charge is -2.14. The minimum absolute atomic E-state index is 0.0396. The summed E-state index contributed by atoms with van der Waals surface area (Å²) in [5.41, 5.74) is 0.107. The van der Waals surface area contributed by atoms with Gasteiger partial charge in [-0.15, -0.1) is 0 Å². The highest BCUT2D eigenvalue weighted by atomic mass is 19.3. The van der Waals surface area contributed by atoms with Crippen LogP contribution in [0.4, 0.5) is 8.78 Å². The van der Waals surface area contributed by atoms with Crippen LogP contribution in [0.3, 0.4) is 0 Å². The Morgan fingerprint density at radius 1 is 1.36 bits per heavy atom. The van der Waals surface area contributed by atoms with E-state index in [-0.39, 0.29) is 11.3 Å². The fourth-order valence-electron chi connectivity index (χ4n) is 0.875. The van der Waals surface area contributed by atoms with Crippen LogP contribution < -0.4 is 4.74 Å². The Balaban J connectivity index is 2.73. The minimum atomic E-state index is -2.53. The van der Waals surface area contributed by atoms with Gasteiger partial charge in [0.15, 0.2) is 12.3 Å². The number of rotatable bonds is 3. The summed E-state index contributed by atoms with van der Waals surface area (Å²) in [6, 6.07) is 0. The molecule has 1 aromatic heterocycles. The second-order valence-corrected chi connectivity index (χ2v) is 3.87. The van der Waals surface area contributed by atoms with Crippen molar-refractivity contribution in [1.82, 2.24) is 10.3 Å². The van der Waals surface area contributed by atoms with Crippen molar-refractivity contribution in [2.75, 3.05) is 6.61 Å². The highest BCUT2D eigenvalue weighted by Gasteiger charge is 2.25. The predicted molar refractivity (Wildman–Crippen MR) is 44.5 cm³/mol. The largest absolute Gasteiger partial charge is 0.468 e. The first-order valence-electron chi connectivity index (χ1n) is 4.15. The van der Waals surface area contributed by atoms with Crippen molar-refractivity contribution in [1.29, 1.82) is 0 Å². The first kappa shape index (κ1) is 10.9. The van der Waals surface area contributed by atoms with E-state index in [1.54, 1.807) is 0 Å². The number of halogens is 2. The molecule has 1 heterocycles. The first-order valence-corrected chi connectivity index (χ1v) is 4.15. The second kappa shape index (κ2) is 3.89. The molecule has 6 heteroatoms. The van der Waals surface area contributed by atoms with Gasteiger partial charge in [0.05, 0.1) is 0 Å². The molecule has 0 bridgehead atoms. The van der Waals surface area contributed by atoms with E-state index in [0.29, 0.717) is 5.69 Å². The topological polar surface area (TPSA) is 48.2 Å². The normalized spacial score (nSPS) is 12.1. The van der Waals surface area contributed by atoms with Gasteiger partial charge in [-0.2, -0.15) is 0 Å². The molecular formula is C8H12F2N2O2. The lowest BCUT2D eigenvalue weighted by molar-refractivity contribution is 0.0766. The van der Waals surface area contributed by atoms with Gasteiger partial charge in [-0.25, -0.2) is 13.4 Å². The van der Waals surface area contributed by atoms with E-state index < -0.39 is 13.0 Å². The average Bonchev–Trinajstić information content (AvgIpc) is 2.46. The summed E-state index contributed by atoms with van der Waals surface area (Å²) >= 11 is 0. The molecule has 1 aromatic rings. The zero-order valence-corrected chi connectivity index (χ0v) is 8.25. The number of alkyl halides is 2. The summed E-state index contributed by atoms with van der Waals surface area (Å²) in [6.45, 7) is 4.89. The third-order valence-corrected chi connectivity index (χ3v) is 1.51. The molecule has 0 aliphatic heterocycles. The molecule has 0 fully saturated rings. The Bertz CT molecular complexity index is 294. The van der Waals surface area contributed by atoms with E-state index in [2.05, 4.69) is 14.9 Å². The molecule has 0 N–H and O–H groups in total. The van der Waals surface area contributed by atoms with Crippen LogP contribution >= 0.6 is 0 Å². The molecule has 1 rings (SSSR count). The van der Waals surface area contributed by atoms with Crippen molar-refractivity contribution in [2.45, 2.75) is 32.6 Å². The summed E-state index contributed by atoms with van der Waals surface area (Å²) < 4.78 is 32.9. The lowest BCUT2D eigenvalue weighted by atomic mass is 9.93. The first-order chi connectivity index (χ1) is 6.41. The molecule has 0 aliphatic carbocycles. The smallest absolute Gasteiger partial charge is 0.279 e. The number of ether oxygens (including phenoxy) is 1. The van der Waals surface area contributed by atoms with E-state index in [1.165, 1.54) is 0 Å². The number of aromatic nitrogens is 2. The lowest BCUT2D eigenvalue weighted by Crippen LogP contribution is -2.15. The van der Waals surface area contributed by atoms with Gasteiger partial charge < -0.3 is 4.74 Å².